The standard InChI is InChI=1S/C18H14Cl2N2O4/c1-10-2-3-12(9-15(10)20)22-18(26)13-8-11(4-5-14(13)19)21-16(23)6-7-17(24)25/h2-9H,1H3,(H,21,23)(H,22,26)(H,24,25). The van der Waals surface area contributed by atoms with Gasteiger partial charge in [0.1, 0.15) is 0 Å². The summed E-state index contributed by atoms with van der Waals surface area (Å²) < 4.78 is 0. The SMILES string of the molecule is Cc1ccc(NC(=O)c2cc(NC(=O)C=CC(=O)O)ccc2Cl)cc1Cl. The molecule has 0 aliphatic rings. The molecule has 0 bridgehead atoms. The van der Waals surface area contributed by atoms with E-state index in [2.05, 4.69) is 10.6 Å². The van der Waals surface area contributed by atoms with Crippen molar-refractivity contribution in [1.29, 1.82) is 0 Å². The molecule has 2 rings (SSSR count). The number of hydrogen-bond acceptors (Lipinski definition) is 3. The summed E-state index contributed by atoms with van der Waals surface area (Å²) in [6, 6.07) is 9.43. The van der Waals surface area contributed by atoms with Gasteiger partial charge in [0, 0.05) is 28.5 Å². The predicted octanol–water partition coefficient (Wildman–Crippen LogP) is 4.13. The van der Waals surface area contributed by atoms with Crippen molar-refractivity contribution in [2.45, 2.75) is 6.92 Å². The van der Waals surface area contributed by atoms with E-state index in [1.807, 2.05) is 6.92 Å². The second-order valence-electron chi connectivity index (χ2n) is 5.27. The number of aryl methyl sites for hydroxylation is 1. The molecule has 0 spiro atoms. The molecular formula is C18H14Cl2N2O4. The van der Waals surface area contributed by atoms with Crippen LogP contribution in [0.25, 0.3) is 0 Å². The smallest absolute Gasteiger partial charge is 0.328 e. The van der Waals surface area contributed by atoms with Gasteiger partial charge < -0.3 is 15.7 Å². The summed E-state index contributed by atoms with van der Waals surface area (Å²) in [4.78, 5) is 34.5. The third-order valence-corrected chi connectivity index (χ3v) is 4.02. The van der Waals surface area contributed by atoms with Gasteiger partial charge in [-0.15, -0.1) is 0 Å². The first-order chi connectivity index (χ1) is 12.3. The van der Waals surface area contributed by atoms with Crippen molar-refractivity contribution in [3.63, 3.8) is 0 Å². The lowest BCUT2D eigenvalue weighted by atomic mass is 10.1. The highest BCUT2D eigenvalue weighted by atomic mass is 35.5. The van der Waals surface area contributed by atoms with E-state index in [4.69, 9.17) is 28.3 Å². The number of hydrogen-bond donors (Lipinski definition) is 3. The fourth-order valence-electron chi connectivity index (χ4n) is 1.98. The number of halogens is 2. The zero-order valence-electron chi connectivity index (χ0n) is 13.5. The molecule has 0 aliphatic heterocycles. The van der Waals surface area contributed by atoms with Gasteiger partial charge in [-0.25, -0.2) is 4.79 Å². The van der Waals surface area contributed by atoms with Crippen LogP contribution in [0.1, 0.15) is 15.9 Å². The van der Waals surface area contributed by atoms with E-state index >= 15 is 0 Å². The molecule has 0 atom stereocenters. The molecule has 0 radical (unpaired) electrons. The molecule has 2 aromatic carbocycles. The molecule has 2 aromatic rings. The number of rotatable bonds is 5. The predicted molar refractivity (Wildman–Crippen MR) is 101 cm³/mol. The number of nitrogens with one attached hydrogen (secondary N) is 2. The van der Waals surface area contributed by atoms with E-state index in [0.29, 0.717) is 22.5 Å². The summed E-state index contributed by atoms with van der Waals surface area (Å²) in [5.74, 6) is -2.37. The van der Waals surface area contributed by atoms with Gasteiger partial charge in [0.15, 0.2) is 0 Å². The van der Waals surface area contributed by atoms with Crippen molar-refractivity contribution in [3.8, 4) is 0 Å². The minimum absolute atomic E-state index is 0.142. The number of anilines is 2. The Morgan fingerprint density at radius 1 is 0.923 bits per heavy atom. The average Bonchev–Trinajstić information content (AvgIpc) is 2.58. The highest BCUT2D eigenvalue weighted by molar-refractivity contribution is 6.34. The van der Waals surface area contributed by atoms with Crippen LogP contribution in [0.4, 0.5) is 11.4 Å². The number of carbonyl (C=O) groups excluding carboxylic acids is 2. The molecular weight excluding hydrogens is 379 g/mol. The lowest BCUT2D eigenvalue weighted by molar-refractivity contribution is -0.131. The highest BCUT2D eigenvalue weighted by Crippen LogP contribution is 2.24. The van der Waals surface area contributed by atoms with Gasteiger partial charge >= 0.3 is 5.97 Å². The van der Waals surface area contributed by atoms with Crippen LogP contribution in [0, 0.1) is 6.92 Å². The molecule has 0 saturated heterocycles. The molecule has 134 valence electrons. The lowest BCUT2D eigenvalue weighted by Crippen LogP contribution is -2.14. The van der Waals surface area contributed by atoms with Crippen LogP contribution >= 0.6 is 23.2 Å². The largest absolute Gasteiger partial charge is 0.478 e. The fraction of sp³-hybridized carbons (Fsp3) is 0.0556. The Hall–Kier alpha value is -2.83. The Morgan fingerprint density at radius 2 is 1.58 bits per heavy atom. The summed E-state index contributed by atoms with van der Waals surface area (Å²) in [5.41, 5.74) is 1.81. The monoisotopic (exact) mass is 392 g/mol. The van der Waals surface area contributed by atoms with Crippen molar-refractivity contribution in [3.05, 3.63) is 69.7 Å². The molecule has 0 aliphatic carbocycles. The third kappa shape index (κ3) is 5.34. The molecule has 6 nitrogen and oxygen atoms in total. The molecule has 3 N–H and O–H groups in total. The van der Waals surface area contributed by atoms with E-state index in [9.17, 15) is 14.4 Å². The Balaban J connectivity index is 2.17. The van der Waals surface area contributed by atoms with Crippen molar-refractivity contribution in [1.82, 2.24) is 0 Å². The summed E-state index contributed by atoms with van der Waals surface area (Å²) in [6.07, 6.45) is 1.57. The van der Waals surface area contributed by atoms with Gasteiger partial charge in [0.25, 0.3) is 5.91 Å². The minimum Gasteiger partial charge on any atom is -0.478 e. The van der Waals surface area contributed by atoms with Crippen LogP contribution in [-0.4, -0.2) is 22.9 Å². The Bertz CT molecular complexity index is 910. The molecule has 0 fully saturated rings. The molecule has 0 saturated carbocycles. The van der Waals surface area contributed by atoms with Crippen LogP contribution in [0.3, 0.4) is 0 Å². The van der Waals surface area contributed by atoms with Crippen LogP contribution in [0.2, 0.25) is 10.0 Å². The minimum atomic E-state index is -1.24. The zero-order chi connectivity index (χ0) is 19.3. The van der Waals surface area contributed by atoms with E-state index < -0.39 is 17.8 Å². The van der Waals surface area contributed by atoms with Gasteiger partial charge in [-0.05, 0) is 42.8 Å². The first kappa shape index (κ1) is 19.5. The Labute approximate surface area is 159 Å². The number of carboxylic acid groups (broad SMARTS) is 1. The Morgan fingerprint density at radius 3 is 2.23 bits per heavy atom. The van der Waals surface area contributed by atoms with Crippen LogP contribution in [0.15, 0.2) is 48.6 Å². The highest BCUT2D eigenvalue weighted by Gasteiger charge is 2.13. The van der Waals surface area contributed by atoms with E-state index in [1.54, 1.807) is 18.2 Å². The molecule has 26 heavy (non-hydrogen) atoms. The van der Waals surface area contributed by atoms with E-state index in [-0.39, 0.29) is 10.6 Å². The quantitative estimate of drug-likeness (QED) is 0.666. The van der Waals surface area contributed by atoms with Crippen LogP contribution in [-0.2, 0) is 9.59 Å². The van der Waals surface area contributed by atoms with E-state index in [1.165, 1.54) is 18.2 Å². The maximum Gasteiger partial charge on any atom is 0.328 e. The van der Waals surface area contributed by atoms with Crippen LogP contribution < -0.4 is 10.6 Å². The normalized spacial score (nSPS) is 10.6. The number of amides is 2. The van der Waals surface area contributed by atoms with Crippen molar-refractivity contribution in [2.24, 2.45) is 0 Å². The van der Waals surface area contributed by atoms with Gasteiger partial charge in [0.05, 0.1) is 10.6 Å². The van der Waals surface area contributed by atoms with Crippen molar-refractivity contribution in [2.75, 3.05) is 10.6 Å². The van der Waals surface area contributed by atoms with Gasteiger partial charge in [0.2, 0.25) is 5.91 Å². The average molecular weight is 393 g/mol. The number of aliphatic carboxylic acids is 1. The second kappa shape index (κ2) is 8.51. The fourth-order valence-corrected chi connectivity index (χ4v) is 2.36. The summed E-state index contributed by atoms with van der Waals surface area (Å²) in [5, 5.41) is 14.3. The first-order valence-corrected chi connectivity index (χ1v) is 8.11. The Kier molecular flexibility index (Phi) is 6.38. The molecule has 8 heteroatoms. The van der Waals surface area contributed by atoms with Crippen molar-refractivity contribution < 1.29 is 19.5 Å². The topological polar surface area (TPSA) is 95.5 Å². The molecule has 0 heterocycles. The number of carbonyl (C=O) groups is 3. The van der Waals surface area contributed by atoms with Gasteiger partial charge in [-0.1, -0.05) is 29.3 Å². The van der Waals surface area contributed by atoms with Gasteiger partial charge in [-0.2, -0.15) is 0 Å². The number of benzene rings is 2. The first-order valence-electron chi connectivity index (χ1n) is 7.35. The molecule has 2 amide bonds. The summed E-state index contributed by atoms with van der Waals surface area (Å²) in [6.45, 7) is 1.84. The summed E-state index contributed by atoms with van der Waals surface area (Å²) >= 11 is 12.1. The zero-order valence-corrected chi connectivity index (χ0v) is 15.1. The molecule has 0 aromatic heterocycles. The maximum absolute atomic E-state index is 12.4. The van der Waals surface area contributed by atoms with Crippen LogP contribution in [0.5, 0.6) is 0 Å². The summed E-state index contributed by atoms with van der Waals surface area (Å²) in [7, 11) is 0. The van der Waals surface area contributed by atoms with E-state index in [0.717, 1.165) is 11.6 Å². The number of carboxylic acids is 1. The lowest BCUT2D eigenvalue weighted by Gasteiger charge is -2.10. The van der Waals surface area contributed by atoms with Crippen molar-refractivity contribution >= 4 is 52.4 Å². The molecule has 0 unspecified atom stereocenters. The maximum atomic E-state index is 12.4. The second-order valence-corrected chi connectivity index (χ2v) is 6.09. The van der Waals surface area contributed by atoms with Gasteiger partial charge in [-0.3, -0.25) is 9.59 Å². The third-order valence-electron chi connectivity index (χ3n) is 3.29.